The maximum absolute atomic E-state index is 13.0. The fraction of sp³-hybridized carbons (Fsp3) is 0.955. The maximum atomic E-state index is 13.0. The van der Waals surface area contributed by atoms with E-state index < -0.39 is 17.7 Å². The van der Waals surface area contributed by atoms with E-state index in [1.807, 2.05) is 31.6 Å². The largest absolute Gasteiger partial charge is 0.444 e. The lowest BCUT2D eigenvalue weighted by Crippen LogP contribution is -2.49. The second kappa shape index (κ2) is 39.1. The second-order valence-corrected chi connectivity index (χ2v) is 18.8. The first-order valence-electron chi connectivity index (χ1n) is 22.3. The number of amides is 2. The Labute approximate surface area is 327 Å². The number of carbonyl (C=O) groups is 2. The average molecular weight is 757 g/mol. The lowest BCUT2D eigenvalue weighted by atomic mass is 10.0. The first-order chi connectivity index (χ1) is 24.8. The monoisotopic (exact) mass is 757 g/mol. The highest BCUT2D eigenvalue weighted by molar-refractivity contribution is 8.76. The molecule has 304 valence electrons. The zero-order valence-corrected chi connectivity index (χ0v) is 36.5. The molecule has 0 unspecified atom stereocenters. The van der Waals surface area contributed by atoms with Crippen molar-refractivity contribution in [3.63, 3.8) is 0 Å². The standard InChI is InChI=1S/C44H88N2O3S2/c1-6-8-10-12-14-16-18-20-22-24-26-28-30-32-34-36-38-45-42(47)41(46-43(48)49-44(3,4)5)40-51-50-39-37-35-33-31-29-27-25-23-21-19-17-15-13-11-9-7-2/h41H,6-40H2,1-5H3,(H,45,47)(H,46,48)/t41-/m0/s1. The Kier molecular flexibility index (Phi) is 38.7. The van der Waals surface area contributed by atoms with E-state index in [9.17, 15) is 9.59 Å². The van der Waals surface area contributed by atoms with Crippen molar-refractivity contribution in [3.05, 3.63) is 0 Å². The van der Waals surface area contributed by atoms with Gasteiger partial charge in [-0.25, -0.2) is 4.79 Å². The Morgan fingerprint density at radius 3 is 1.18 bits per heavy atom. The van der Waals surface area contributed by atoms with Gasteiger partial charge in [0.2, 0.25) is 5.91 Å². The van der Waals surface area contributed by atoms with Gasteiger partial charge in [0.05, 0.1) is 0 Å². The summed E-state index contributed by atoms with van der Waals surface area (Å²) in [5.41, 5.74) is -0.589. The van der Waals surface area contributed by atoms with Gasteiger partial charge in [0.15, 0.2) is 0 Å². The number of nitrogens with one attached hydrogen (secondary N) is 2. The zero-order chi connectivity index (χ0) is 37.5. The van der Waals surface area contributed by atoms with Gasteiger partial charge in [0.25, 0.3) is 0 Å². The van der Waals surface area contributed by atoms with E-state index in [0.717, 1.165) is 18.6 Å². The molecule has 1 atom stereocenters. The Hall–Kier alpha value is -0.560. The number of ether oxygens (including phenoxy) is 1. The molecule has 2 N–H and O–H groups in total. The molecule has 51 heavy (non-hydrogen) atoms. The van der Waals surface area contributed by atoms with E-state index in [-0.39, 0.29) is 5.91 Å². The molecule has 0 aliphatic carbocycles. The first kappa shape index (κ1) is 50.4. The van der Waals surface area contributed by atoms with Crippen molar-refractivity contribution in [2.75, 3.05) is 18.1 Å². The summed E-state index contributed by atoms with van der Waals surface area (Å²) in [4.78, 5) is 25.5. The van der Waals surface area contributed by atoms with Gasteiger partial charge in [-0.3, -0.25) is 4.79 Å². The maximum Gasteiger partial charge on any atom is 0.408 e. The summed E-state index contributed by atoms with van der Waals surface area (Å²) in [5.74, 6) is 1.54. The van der Waals surface area contributed by atoms with Crippen molar-refractivity contribution in [2.45, 2.75) is 252 Å². The van der Waals surface area contributed by atoms with Crippen LogP contribution >= 0.6 is 21.6 Å². The highest BCUT2D eigenvalue weighted by atomic mass is 33.1. The molecule has 0 spiro atoms. The van der Waals surface area contributed by atoms with Gasteiger partial charge in [0, 0.05) is 18.1 Å². The first-order valence-corrected chi connectivity index (χ1v) is 24.8. The zero-order valence-electron chi connectivity index (χ0n) is 34.9. The summed E-state index contributed by atoms with van der Waals surface area (Å²) in [6.45, 7) is 10.8. The van der Waals surface area contributed by atoms with Crippen LogP contribution in [-0.4, -0.2) is 41.7 Å². The molecule has 0 saturated heterocycles. The number of rotatable bonds is 39. The van der Waals surface area contributed by atoms with E-state index in [4.69, 9.17) is 4.74 Å². The summed E-state index contributed by atoms with van der Waals surface area (Å²) in [6, 6.07) is -0.579. The summed E-state index contributed by atoms with van der Waals surface area (Å²) < 4.78 is 5.45. The van der Waals surface area contributed by atoms with E-state index >= 15 is 0 Å². The van der Waals surface area contributed by atoms with Crippen LogP contribution in [0.4, 0.5) is 4.79 Å². The minimum Gasteiger partial charge on any atom is -0.444 e. The summed E-state index contributed by atoms with van der Waals surface area (Å²) >= 11 is 0. The van der Waals surface area contributed by atoms with Crippen LogP contribution in [0.3, 0.4) is 0 Å². The summed E-state index contributed by atoms with van der Waals surface area (Å²) in [5, 5.41) is 5.91. The van der Waals surface area contributed by atoms with Crippen molar-refractivity contribution >= 4 is 33.6 Å². The topological polar surface area (TPSA) is 67.4 Å². The van der Waals surface area contributed by atoms with Gasteiger partial charge in [-0.05, 0) is 33.6 Å². The summed E-state index contributed by atoms with van der Waals surface area (Å²) in [7, 11) is 3.51. The molecule has 2 amide bonds. The molecule has 0 radical (unpaired) electrons. The molecule has 0 aliphatic rings. The average Bonchev–Trinajstić information content (AvgIpc) is 3.09. The third kappa shape index (κ3) is 40.5. The normalized spacial score (nSPS) is 12.3. The third-order valence-corrected chi connectivity index (χ3v) is 12.2. The Bertz CT molecular complexity index is 746. The molecular weight excluding hydrogens is 669 g/mol. The smallest absolute Gasteiger partial charge is 0.408 e. The number of unbranched alkanes of at least 4 members (excludes halogenated alkanes) is 30. The van der Waals surface area contributed by atoms with Crippen LogP contribution in [0.2, 0.25) is 0 Å². The molecule has 0 bridgehead atoms. The van der Waals surface area contributed by atoms with Crippen molar-refractivity contribution in [1.82, 2.24) is 10.6 Å². The summed E-state index contributed by atoms with van der Waals surface area (Å²) in [6.07, 6.45) is 43.1. The van der Waals surface area contributed by atoms with Crippen LogP contribution in [0.25, 0.3) is 0 Å². The van der Waals surface area contributed by atoms with Crippen LogP contribution in [0.15, 0.2) is 0 Å². The number of carbonyl (C=O) groups excluding carboxylic acids is 2. The van der Waals surface area contributed by atoms with Crippen LogP contribution in [0, 0.1) is 0 Å². The third-order valence-electron chi connectivity index (χ3n) is 9.74. The lowest BCUT2D eigenvalue weighted by Gasteiger charge is -2.23. The highest BCUT2D eigenvalue weighted by Gasteiger charge is 2.24. The molecule has 0 aromatic carbocycles. The van der Waals surface area contributed by atoms with Crippen LogP contribution in [0.5, 0.6) is 0 Å². The predicted molar refractivity (Wildman–Crippen MR) is 230 cm³/mol. The molecule has 0 aliphatic heterocycles. The van der Waals surface area contributed by atoms with Gasteiger partial charge in [-0.15, -0.1) is 0 Å². The molecule has 7 heteroatoms. The van der Waals surface area contributed by atoms with E-state index in [1.165, 1.54) is 193 Å². The highest BCUT2D eigenvalue weighted by Crippen LogP contribution is 2.24. The number of hydrogen-bond donors (Lipinski definition) is 2. The molecule has 5 nitrogen and oxygen atoms in total. The Morgan fingerprint density at radius 2 is 0.824 bits per heavy atom. The van der Waals surface area contributed by atoms with Crippen molar-refractivity contribution in [2.24, 2.45) is 0 Å². The molecule has 0 aromatic heterocycles. The molecular formula is C44H88N2O3S2. The fourth-order valence-electron chi connectivity index (χ4n) is 6.52. The molecule has 0 heterocycles. The molecule has 0 rings (SSSR count). The van der Waals surface area contributed by atoms with Gasteiger partial charge in [0.1, 0.15) is 11.6 Å². The molecule has 0 aromatic rings. The van der Waals surface area contributed by atoms with Crippen molar-refractivity contribution in [1.29, 1.82) is 0 Å². The minimum atomic E-state index is -0.589. The van der Waals surface area contributed by atoms with Gasteiger partial charge < -0.3 is 15.4 Å². The fourth-order valence-corrected chi connectivity index (χ4v) is 8.84. The quantitative estimate of drug-likeness (QED) is 0.0483. The second-order valence-electron chi connectivity index (χ2n) is 16.2. The number of alkyl carbamates (subject to hydrolysis) is 1. The van der Waals surface area contributed by atoms with Crippen LogP contribution in [0.1, 0.15) is 240 Å². The van der Waals surface area contributed by atoms with Gasteiger partial charge in [-0.1, -0.05) is 228 Å². The van der Waals surface area contributed by atoms with Gasteiger partial charge >= 0.3 is 6.09 Å². The minimum absolute atomic E-state index is 0.0997. The predicted octanol–water partition coefficient (Wildman–Crippen LogP) is 14.9. The molecule has 0 saturated carbocycles. The van der Waals surface area contributed by atoms with E-state index in [1.54, 1.807) is 10.8 Å². The Morgan fingerprint density at radius 1 is 0.490 bits per heavy atom. The van der Waals surface area contributed by atoms with Crippen LogP contribution < -0.4 is 10.6 Å². The SMILES string of the molecule is CCCCCCCCCCCCCCCCCCNC(=O)[C@H](CSSCCCCCCCCCCCCCCCCCC)NC(=O)OC(C)(C)C. The Balaban J connectivity index is 3.90. The van der Waals surface area contributed by atoms with Crippen molar-refractivity contribution in [3.8, 4) is 0 Å². The van der Waals surface area contributed by atoms with Crippen LogP contribution in [-0.2, 0) is 9.53 Å². The molecule has 0 fully saturated rings. The van der Waals surface area contributed by atoms with Gasteiger partial charge in [-0.2, -0.15) is 0 Å². The lowest BCUT2D eigenvalue weighted by molar-refractivity contribution is -0.122. The van der Waals surface area contributed by atoms with Crippen molar-refractivity contribution < 1.29 is 14.3 Å². The number of hydrogen-bond acceptors (Lipinski definition) is 5. The van der Waals surface area contributed by atoms with E-state index in [2.05, 4.69) is 24.5 Å². The van der Waals surface area contributed by atoms with E-state index in [0.29, 0.717) is 12.3 Å².